The smallest absolute Gasteiger partial charge is 0.161 e. The highest BCUT2D eigenvalue weighted by Gasteiger charge is 2.15. The third-order valence-corrected chi connectivity index (χ3v) is 3.21. The number of halogens is 1. The van der Waals surface area contributed by atoms with Crippen molar-refractivity contribution in [3.05, 3.63) is 42.3 Å². The molecular formula is C15H15FN4. The minimum Gasteiger partial charge on any atom is -0.397 e. The summed E-state index contributed by atoms with van der Waals surface area (Å²) in [6.45, 7) is 2.87. The zero-order valence-electron chi connectivity index (χ0n) is 11.2. The number of imidazole rings is 1. The number of fused-ring (bicyclic) bond motifs is 1. The fraction of sp³-hybridized carbons (Fsp3) is 0.200. The number of nitrogens with two attached hydrogens (primary N) is 1. The number of aryl methyl sites for hydroxylation is 1. The van der Waals surface area contributed by atoms with E-state index in [1.807, 2.05) is 4.57 Å². The molecular weight excluding hydrogens is 255 g/mol. The van der Waals surface area contributed by atoms with Crippen molar-refractivity contribution in [1.82, 2.24) is 14.5 Å². The van der Waals surface area contributed by atoms with E-state index in [2.05, 4.69) is 16.9 Å². The van der Waals surface area contributed by atoms with Gasteiger partial charge in [-0.3, -0.25) is 4.98 Å². The number of benzene rings is 1. The van der Waals surface area contributed by atoms with Gasteiger partial charge in [0.15, 0.2) is 5.82 Å². The van der Waals surface area contributed by atoms with Gasteiger partial charge in [-0.2, -0.15) is 0 Å². The number of hydrogen-bond donors (Lipinski definition) is 1. The zero-order valence-corrected chi connectivity index (χ0v) is 11.2. The van der Waals surface area contributed by atoms with E-state index < -0.39 is 0 Å². The summed E-state index contributed by atoms with van der Waals surface area (Å²) in [5.41, 5.74) is 8.71. The second-order valence-electron chi connectivity index (χ2n) is 4.66. The molecule has 4 nitrogen and oxygen atoms in total. The Hall–Kier alpha value is -2.43. The lowest BCUT2D eigenvalue weighted by Crippen LogP contribution is -2.03. The molecule has 102 valence electrons. The van der Waals surface area contributed by atoms with Crippen molar-refractivity contribution in [3.63, 3.8) is 0 Å². The maximum absolute atomic E-state index is 13.4. The second-order valence-corrected chi connectivity index (χ2v) is 4.66. The van der Waals surface area contributed by atoms with Crippen molar-refractivity contribution in [3.8, 4) is 11.5 Å². The van der Waals surface area contributed by atoms with Crippen LogP contribution in [-0.2, 0) is 6.54 Å². The van der Waals surface area contributed by atoms with E-state index in [9.17, 15) is 4.39 Å². The van der Waals surface area contributed by atoms with Crippen LogP contribution in [0.15, 0.2) is 36.5 Å². The quantitative estimate of drug-likeness (QED) is 0.795. The first-order valence-corrected chi connectivity index (χ1v) is 6.57. The van der Waals surface area contributed by atoms with Gasteiger partial charge in [-0.1, -0.05) is 6.92 Å². The summed E-state index contributed by atoms with van der Waals surface area (Å²) in [6, 6.07) is 8.20. The number of nitrogen functional groups attached to an aromatic ring is 1. The van der Waals surface area contributed by atoms with Crippen LogP contribution in [0.25, 0.3) is 22.6 Å². The fourth-order valence-electron chi connectivity index (χ4n) is 2.34. The van der Waals surface area contributed by atoms with Crippen molar-refractivity contribution >= 4 is 16.7 Å². The highest BCUT2D eigenvalue weighted by molar-refractivity contribution is 5.82. The molecule has 0 aliphatic carbocycles. The molecule has 0 unspecified atom stereocenters. The van der Waals surface area contributed by atoms with E-state index in [0.717, 1.165) is 18.5 Å². The molecule has 0 radical (unpaired) electrons. The average Bonchev–Trinajstić information content (AvgIpc) is 2.77. The molecule has 1 aromatic carbocycles. The highest BCUT2D eigenvalue weighted by atomic mass is 19.1. The molecule has 0 atom stereocenters. The Bertz CT molecular complexity index is 764. The Kier molecular flexibility index (Phi) is 3.10. The number of nitrogens with zero attached hydrogens (tertiary/aromatic N) is 3. The third-order valence-electron chi connectivity index (χ3n) is 3.21. The van der Waals surface area contributed by atoms with E-state index in [4.69, 9.17) is 5.73 Å². The summed E-state index contributed by atoms with van der Waals surface area (Å²) in [5, 5.41) is 0. The van der Waals surface area contributed by atoms with Crippen LogP contribution in [0.5, 0.6) is 0 Å². The molecule has 0 amide bonds. The van der Waals surface area contributed by atoms with Gasteiger partial charge in [-0.25, -0.2) is 9.37 Å². The summed E-state index contributed by atoms with van der Waals surface area (Å²) in [5.74, 6) is 0.393. The largest absolute Gasteiger partial charge is 0.397 e. The Morgan fingerprint density at radius 3 is 2.90 bits per heavy atom. The molecule has 3 aromatic rings. The van der Waals surface area contributed by atoms with Crippen LogP contribution in [0.3, 0.4) is 0 Å². The van der Waals surface area contributed by atoms with Crippen molar-refractivity contribution in [2.45, 2.75) is 19.9 Å². The Balaban J connectivity index is 2.29. The zero-order chi connectivity index (χ0) is 14.1. The molecule has 2 aromatic heterocycles. The molecule has 20 heavy (non-hydrogen) atoms. The highest BCUT2D eigenvalue weighted by Crippen LogP contribution is 2.27. The SMILES string of the molecule is CCCn1c(-c2ncccc2N)nc2cc(F)ccc21. The number of anilines is 1. The monoisotopic (exact) mass is 270 g/mol. The molecule has 0 aliphatic heterocycles. The lowest BCUT2D eigenvalue weighted by atomic mass is 10.3. The standard InChI is InChI=1S/C15H15FN4/c1-2-8-20-13-6-5-10(16)9-12(13)19-15(20)14-11(17)4-3-7-18-14/h3-7,9H,2,8,17H2,1H3. The van der Waals surface area contributed by atoms with Crippen molar-refractivity contribution in [2.24, 2.45) is 0 Å². The molecule has 2 N–H and O–H groups in total. The molecule has 0 fully saturated rings. The Morgan fingerprint density at radius 1 is 1.30 bits per heavy atom. The Labute approximate surface area is 116 Å². The summed E-state index contributed by atoms with van der Waals surface area (Å²) in [7, 11) is 0. The number of rotatable bonds is 3. The van der Waals surface area contributed by atoms with Gasteiger partial charge in [0.05, 0.1) is 16.7 Å². The summed E-state index contributed by atoms with van der Waals surface area (Å²) < 4.78 is 15.4. The summed E-state index contributed by atoms with van der Waals surface area (Å²) in [6.07, 6.45) is 2.63. The van der Waals surface area contributed by atoms with E-state index in [1.54, 1.807) is 24.4 Å². The molecule has 0 aliphatic rings. The van der Waals surface area contributed by atoms with Gasteiger partial charge in [-0.15, -0.1) is 0 Å². The molecule has 0 bridgehead atoms. The van der Waals surface area contributed by atoms with Gasteiger partial charge in [0.2, 0.25) is 0 Å². The van der Waals surface area contributed by atoms with E-state index in [0.29, 0.717) is 22.7 Å². The van der Waals surface area contributed by atoms with Crippen molar-refractivity contribution in [1.29, 1.82) is 0 Å². The van der Waals surface area contributed by atoms with Crippen LogP contribution in [0.1, 0.15) is 13.3 Å². The van der Waals surface area contributed by atoms with Gasteiger partial charge >= 0.3 is 0 Å². The predicted molar refractivity (Wildman–Crippen MR) is 77.6 cm³/mol. The average molecular weight is 270 g/mol. The van der Waals surface area contributed by atoms with Crippen molar-refractivity contribution < 1.29 is 4.39 Å². The first-order valence-electron chi connectivity index (χ1n) is 6.57. The first kappa shape index (κ1) is 12.6. The molecule has 3 rings (SSSR count). The van der Waals surface area contributed by atoms with Gasteiger partial charge in [0, 0.05) is 18.8 Å². The van der Waals surface area contributed by atoms with Gasteiger partial charge in [0.1, 0.15) is 11.5 Å². The van der Waals surface area contributed by atoms with Crippen LogP contribution in [-0.4, -0.2) is 14.5 Å². The van der Waals surface area contributed by atoms with Crippen LogP contribution < -0.4 is 5.73 Å². The lowest BCUT2D eigenvalue weighted by molar-refractivity contribution is 0.629. The van der Waals surface area contributed by atoms with Crippen LogP contribution in [0.2, 0.25) is 0 Å². The number of pyridine rings is 1. The summed E-state index contributed by atoms with van der Waals surface area (Å²) in [4.78, 5) is 8.81. The lowest BCUT2D eigenvalue weighted by Gasteiger charge is -2.08. The minimum absolute atomic E-state index is 0.292. The Morgan fingerprint density at radius 2 is 2.15 bits per heavy atom. The maximum Gasteiger partial charge on any atom is 0.161 e. The normalized spacial score (nSPS) is 11.1. The van der Waals surface area contributed by atoms with Gasteiger partial charge < -0.3 is 10.3 Å². The summed E-state index contributed by atoms with van der Waals surface area (Å²) >= 11 is 0. The molecule has 0 spiro atoms. The second kappa shape index (κ2) is 4.92. The van der Waals surface area contributed by atoms with E-state index in [1.165, 1.54) is 12.1 Å². The van der Waals surface area contributed by atoms with Gasteiger partial charge in [0.25, 0.3) is 0 Å². The number of aromatic nitrogens is 3. The van der Waals surface area contributed by atoms with Crippen LogP contribution >= 0.6 is 0 Å². The van der Waals surface area contributed by atoms with Crippen LogP contribution in [0, 0.1) is 5.82 Å². The maximum atomic E-state index is 13.4. The van der Waals surface area contributed by atoms with Crippen molar-refractivity contribution in [2.75, 3.05) is 5.73 Å². The number of hydrogen-bond acceptors (Lipinski definition) is 3. The predicted octanol–water partition coefficient (Wildman–Crippen LogP) is 3.23. The first-order chi connectivity index (χ1) is 9.70. The van der Waals surface area contributed by atoms with Crippen LogP contribution in [0.4, 0.5) is 10.1 Å². The molecule has 0 saturated carbocycles. The molecule has 2 heterocycles. The van der Waals surface area contributed by atoms with E-state index in [-0.39, 0.29) is 5.82 Å². The molecule has 5 heteroatoms. The molecule has 0 saturated heterocycles. The van der Waals surface area contributed by atoms with E-state index >= 15 is 0 Å². The topological polar surface area (TPSA) is 56.7 Å². The van der Waals surface area contributed by atoms with Gasteiger partial charge in [-0.05, 0) is 30.7 Å². The fourth-order valence-corrected chi connectivity index (χ4v) is 2.34. The third kappa shape index (κ3) is 2.01. The minimum atomic E-state index is -0.292.